The lowest BCUT2D eigenvalue weighted by atomic mass is 10.0. The highest BCUT2D eigenvalue weighted by Gasteiger charge is 2.13. The van der Waals surface area contributed by atoms with Crippen LogP contribution in [0.15, 0.2) is 23.6 Å². The van der Waals surface area contributed by atoms with Gasteiger partial charge in [0.25, 0.3) is 0 Å². The summed E-state index contributed by atoms with van der Waals surface area (Å²) in [5.41, 5.74) is 3.26. The molecular formula is C11H10N2OS. The fraction of sp³-hybridized carbons (Fsp3) is 0.182. The molecule has 1 aromatic carbocycles. The van der Waals surface area contributed by atoms with E-state index >= 15 is 0 Å². The van der Waals surface area contributed by atoms with Gasteiger partial charge >= 0.3 is 0 Å². The first-order valence-electron chi connectivity index (χ1n) is 4.57. The van der Waals surface area contributed by atoms with E-state index in [4.69, 9.17) is 0 Å². The third-order valence-corrected chi connectivity index (χ3v) is 2.72. The minimum Gasteiger partial charge on any atom is -0.287 e. The molecule has 1 heterocycles. The molecule has 0 fully saturated rings. The van der Waals surface area contributed by atoms with Crippen LogP contribution in [0.5, 0.6) is 0 Å². The van der Waals surface area contributed by atoms with Crippen LogP contribution in [0.1, 0.15) is 27.2 Å². The van der Waals surface area contributed by atoms with Crippen molar-refractivity contribution in [1.82, 2.24) is 9.59 Å². The van der Waals surface area contributed by atoms with Crippen molar-refractivity contribution >= 4 is 17.3 Å². The van der Waals surface area contributed by atoms with Crippen LogP contribution >= 0.6 is 11.5 Å². The first kappa shape index (κ1) is 9.98. The molecule has 0 atom stereocenters. The molecule has 15 heavy (non-hydrogen) atoms. The molecule has 2 aromatic rings. The van der Waals surface area contributed by atoms with Crippen molar-refractivity contribution in [3.63, 3.8) is 0 Å². The van der Waals surface area contributed by atoms with Crippen LogP contribution < -0.4 is 0 Å². The molecule has 4 heteroatoms. The molecule has 0 aliphatic heterocycles. The second-order valence-electron chi connectivity index (χ2n) is 3.44. The number of ketones is 1. The second kappa shape index (κ2) is 3.90. The third kappa shape index (κ3) is 1.94. The van der Waals surface area contributed by atoms with Crippen LogP contribution in [0.3, 0.4) is 0 Å². The Kier molecular flexibility index (Phi) is 2.60. The SMILES string of the molecule is Cc1ccc(C(=O)c2csnn2)c(C)c1. The monoisotopic (exact) mass is 218 g/mol. The zero-order chi connectivity index (χ0) is 10.8. The molecule has 0 N–H and O–H groups in total. The summed E-state index contributed by atoms with van der Waals surface area (Å²) in [6.45, 7) is 3.94. The average Bonchev–Trinajstić information content (AvgIpc) is 2.69. The van der Waals surface area contributed by atoms with E-state index in [1.807, 2.05) is 32.0 Å². The molecule has 0 aliphatic rings. The lowest BCUT2D eigenvalue weighted by Crippen LogP contribution is -2.04. The largest absolute Gasteiger partial charge is 0.287 e. The summed E-state index contributed by atoms with van der Waals surface area (Å²) >= 11 is 1.19. The van der Waals surface area contributed by atoms with Crippen molar-refractivity contribution in [2.45, 2.75) is 13.8 Å². The Morgan fingerprint density at radius 1 is 1.33 bits per heavy atom. The number of carbonyl (C=O) groups excluding carboxylic acids is 1. The van der Waals surface area contributed by atoms with Crippen LogP contribution in [-0.2, 0) is 0 Å². The van der Waals surface area contributed by atoms with Gasteiger partial charge in [0, 0.05) is 10.9 Å². The van der Waals surface area contributed by atoms with Gasteiger partial charge in [-0.1, -0.05) is 28.3 Å². The maximum atomic E-state index is 11.9. The molecule has 0 amide bonds. The first-order valence-corrected chi connectivity index (χ1v) is 5.41. The van der Waals surface area contributed by atoms with Gasteiger partial charge < -0.3 is 0 Å². The van der Waals surface area contributed by atoms with E-state index in [-0.39, 0.29) is 5.78 Å². The van der Waals surface area contributed by atoms with Crippen LogP contribution in [0.2, 0.25) is 0 Å². The number of benzene rings is 1. The standard InChI is InChI=1S/C11H10N2OS/c1-7-3-4-9(8(2)5-7)11(14)10-6-15-13-12-10/h3-6H,1-2H3. The van der Waals surface area contributed by atoms with Crippen LogP contribution in [0, 0.1) is 13.8 Å². The first-order chi connectivity index (χ1) is 7.18. The van der Waals surface area contributed by atoms with Crippen molar-refractivity contribution < 1.29 is 4.79 Å². The lowest BCUT2D eigenvalue weighted by molar-refractivity contribution is 0.103. The Hall–Kier alpha value is -1.55. The number of aromatic nitrogens is 2. The summed E-state index contributed by atoms with van der Waals surface area (Å²) < 4.78 is 3.69. The Bertz CT molecular complexity index is 491. The van der Waals surface area contributed by atoms with E-state index in [1.54, 1.807) is 5.38 Å². The van der Waals surface area contributed by atoms with Crippen molar-refractivity contribution in [3.05, 3.63) is 46.0 Å². The summed E-state index contributed by atoms with van der Waals surface area (Å²) in [7, 11) is 0. The number of carbonyl (C=O) groups is 1. The predicted molar refractivity (Wildman–Crippen MR) is 59.3 cm³/mol. The second-order valence-corrected chi connectivity index (χ2v) is 4.05. The summed E-state index contributed by atoms with van der Waals surface area (Å²) in [5, 5.41) is 5.44. The molecule has 0 saturated heterocycles. The Balaban J connectivity index is 2.42. The van der Waals surface area contributed by atoms with Crippen molar-refractivity contribution in [2.75, 3.05) is 0 Å². The minimum atomic E-state index is -0.0544. The number of hydrogen-bond acceptors (Lipinski definition) is 4. The Labute approximate surface area is 91.9 Å². The topological polar surface area (TPSA) is 42.9 Å². The van der Waals surface area contributed by atoms with E-state index < -0.39 is 0 Å². The molecule has 2 rings (SSSR count). The molecular weight excluding hydrogens is 208 g/mol. The highest BCUT2D eigenvalue weighted by Crippen LogP contribution is 2.14. The van der Waals surface area contributed by atoms with Crippen LogP contribution in [-0.4, -0.2) is 15.4 Å². The van der Waals surface area contributed by atoms with Gasteiger partial charge in [-0.2, -0.15) is 0 Å². The highest BCUT2D eigenvalue weighted by molar-refractivity contribution is 7.03. The Morgan fingerprint density at radius 2 is 2.13 bits per heavy atom. The summed E-state index contributed by atoms with van der Waals surface area (Å²) in [6, 6.07) is 5.76. The molecule has 0 bridgehead atoms. The van der Waals surface area contributed by atoms with E-state index in [2.05, 4.69) is 9.59 Å². The fourth-order valence-corrected chi connectivity index (χ4v) is 1.91. The van der Waals surface area contributed by atoms with E-state index in [0.717, 1.165) is 11.1 Å². The number of hydrogen-bond donors (Lipinski definition) is 0. The molecule has 0 radical (unpaired) electrons. The van der Waals surface area contributed by atoms with Gasteiger partial charge in [-0.15, -0.1) is 5.10 Å². The number of aryl methyl sites for hydroxylation is 2. The van der Waals surface area contributed by atoms with E-state index in [9.17, 15) is 4.79 Å². The molecule has 3 nitrogen and oxygen atoms in total. The quantitative estimate of drug-likeness (QED) is 0.727. The third-order valence-electron chi connectivity index (χ3n) is 2.22. The van der Waals surface area contributed by atoms with Gasteiger partial charge in [-0.05, 0) is 30.9 Å². The number of nitrogens with zero attached hydrogens (tertiary/aromatic N) is 2. The number of rotatable bonds is 2. The molecule has 0 saturated carbocycles. The van der Waals surface area contributed by atoms with Gasteiger partial charge in [0.05, 0.1) is 0 Å². The smallest absolute Gasteiger partial charge is 0.214 e. The molecule has 1 aromatic heterocycles. The van der Waals surface area contributed by atoms with Gasteiger partial charge in [0.2, 0.25) is 5.78 Å². The molecule has 0 aliphatic carbocycles. The molecule has 0 spiro atoms. The fourth-order valence-electron chi connectivity index (χ4n) is 1.47. The highest BCUT2D eigenvalue weighted by atomic mass is 32.1. The predicted octanol–water partition coefficient (Wildman–Crippen LogP) is 2.39. The van der Waals surface area contributed by atoms with Crippen molar-refractivity contribution in [1.29, 1.82) is 0 Å². The summed E-state index contributed by atoms with van der Waals surface area (Å²) in [6.07, 6.45) is 0. The zero-order valence-corrected chi connectivity index (χ0v) is 9.34. The average molecular weight is 218 g/mol. The zero-order valence-electron chi connectivity index (χ0n) is 8.52. The maximum Gasteiger partial charge on any atom is 0.214 e. The Morgan fingerprint density at radius 3 is 2.73 bits per heavy atom. The lowest BCUT2D eigenvalue weighted by Gasteiger charge is -2.03. The maximum absolute atomic E-state index is 11.9. The molecule has 0 unspecified atom stereocenters. The van der Waals surface area contributed by atoms with Gasteiger partial charge in [0.15, 0.2) is 0 Å². The van der Waals surface area contributed by atoms with Crippen molar-refractivity contribution in [3.8, 4) is 0 Å². The van der Waals surface area contributed by atoms with Gasteiger partial charge in [0.1, 0.15) is 5.69 Å². The van der Waals surface area contributed by atoms with Crippen LogP contribution in [0.25, 0.3) is 0 Å². The van der Waals surface area contributed by atoms with Crippen molar-refractivity contribution in [2.24, 2.45) is 0 Å². The summed E-state index contributed by atoms with van der Waals surface area (Å²) in [5.74, 6) is -0.0544. The summed E-state index contributed by atoms with van der Waals surface area (Å²) in [4.78, 5) is 11.9. The normalized spacial score (nSPS) is 10.3. The van der Waals surface area contributed by atoms with Crippen LogP contribution in [0.4, 0.5) is 0 Å². The van der Waals surface area contributed by atoms with Gasteiger partial charge in [-0.25, -0.2) is 0 Å². The van der Waals surface area contributed by atoms with Gasteiger partial charge in [-0.3, -0.25) is 4.79 Å². The minimum absolute atomic E-state index is 0.0544. The van der Waals surface area contributed by atoms with E-state index in [0.29, 0.717) is 11.3 Å². The molecule has 76 valence electrons. The van der Waals surface area contributed by atoms with E-state index in [1.165, 1.54) is 11.5 Å².